The van der Waals surface area contributed by atoms with E-state index in [9.17, 15) is 4.79 Å². The summed E-state index contributed by atoms with van der Waals surface area (Å²) in [5.74, 6) is 2.67. The van der Waals surface area contributed by atoms with Crippen LogP contribution < -0.4 is 9.47 Å². The summed E-state index contributed by atoms with van der Waals surface area (Å²) in [7, 11) is 3.37. The Labute approximate surface area is 182 Å². The fourth-order valence-electron chi connectivity index (χ4n) is 4.91. The molecule has 1 saturated heterocycles. The van der Waals surface area contributed by atoms with Gasteiger partial charge in [-0.05, 0) is 47.9 Å². The number of benzene rings is 1. The summed E-state index contributed by atoms with van der Waals surface area (Å²) in [6.45, 7) is 12.7. The molecule has 0 spiro atoms. The lowest BCUT2D eigenvalue weighted by atomic mass is 9.79. The summed E-state index contributed by atoms with van der Waals surface area (Å²) in [4.78, 5) is 15.4. The van der Waals surface area contributed by atoms with Crippen molar-refractivity contribution in [3.63, 3.8) is 0 Å². The van der Waals surface area contributed by atoms with E-state index in [2.05, 4.69) is 44.7 Å². The molecule has 0 bridgehead atoms. The molecule has 0 aliphatic carbocycles. The number of carbonyl (C=O) groups excluding carboxylic acids is 1. The van der Waals surface area contributed by atoms with E-state index in [1.54, 1.807) is 14.2 Å². The zero-order chi connectivity index (χ0) is 22.0. The van der Waals surface area contributed by atoms with Gasteiger partial charge < -0.3 is 14.2 Å². The number of fused-ring (bicyclic) bond motifs is 3. The second-order valence-electron chi connectivity index (χ2n) is 9.80. The highest BCUT2D eigenvalue weighted by Gasteiger charge is 2.41. The first-order valence-electron chi connectivity index (χ1n) is 11.4. The molecule has 0 unspecified atom stereocenters. The van der Waals surface area contributed by atoms with Gasteiger partial charge in [0, 0.05) is 31.5 Å². The highest BCUT2D eigenvalue weighted by molar-refractivity contribution is 5.72. The maximum absolute atomic E-state index is 12.8. The normalized spacial score (nSPS) is 24.9. The molecule has 1 fully saturated rings. The number of rotatable bonds is 7. The number of esters is 1. The van der Waals surface area contributed by atoms with Crippen LogP contribution in [0.4, 0.5) is 0 Å². The lowest BCUT2D eigenvalue weighted by Gasteiger charge is -2.47. The maximum Gasteiger partial charge on any atom is 0.309 e. The van der Waals surface area contributed by atoms with Gasteiger partial charge in [0.15, 0.2) is 11.5 Å². The van der Waals surface area contributed by atoms with E-state index in [0.29, 0.717) is 11.8 Å². The van der Waals surface area contributed by atoms with E-state index in [4.69, 9.17) is 14.2 Å². The van der Waals surface area contributed by atoms with E-state index in [1.807, 2.05) is 6.92 Å². The SMILES string of the molecule is COc1cc2c(cc1OC)[C@H]1C[C@@H](OC(=O)[C@@H](C)C(C)C)[C@H](CC(C)C)CN1CC2. The number of methoxy groups -OCH3 is 2. The summed E-state index contributed by atoms with van der Waals surface area (Å²) in [6, 6.07) is 4.50. The molecule has 0 saturated carbocycles. The van der Waals surface area contributed by atoms with Gasteiger partial charge in [0.05, 0.1) is 20.1 Å². The first-order valence-corrected chi connectivity index (χ1v) is 11.4. The molecule has 2 heterocycles. The third-order valence-electron chi connectivity index (χ3n) is 6.98. The van der Waals surface area contributed by atoms with Gasteiger partial charge in [0.25, 0.3) is 0 Å². The Morgan fingerprint density at radius 2 is 1.77 bits per heavy atom. The van der Waals surface area contributed by atoms with Gasteiger partial charge in [0.2, 0.25) is 0 Å². The Morgan fingerprint density at radius 3 is 2.37 bits per heavy atom. The molecule has 2 aliphatic heterocycles. The molecule has 5 heteroatoms. The van der Waals surface area contributed by atoms with Gasteiger partial charge in [0.1, 0.15) is 6.10 Å². The van der Waals surface area contributed by atoms with Gasteiger partial charge in [-0.25, -0.2) is 0 Å². The van der Waals surface area contributed by atoms with Crippen molar-refractivity contribution in [2.75, 3.05) is 27.3 Å². The fourth-order valence-corrected chi connectivity index (χ4v) is 4.91. The quantitative estimate of drug-likeness (QED) is 0.592. The van der Waals surface area contributed by atoms with Crippen LogP contribution >= 0.6 is 0 Å². The van der Waals surface area contributed by atoms with Crippen LogP contribution in [0.3, 0.4) is 0 Å². The van der Waals surface area contributed by atoms with Crippen LogP contribution in [0.5, 0.6) is 11.5 Å². The highest BCUT2D eigenvalue weighted by Crippen LogP contribution is 2.44. The number of nitrogens with zero attached hydrogens (tertiary/aromatic N) is 1. The van der Waals surface area contributed by atoms with Crippen molar-refractivity contribution in [3.05, 3.63) is 23.3 Å². The number of piperidine rings is 1. The molecule has 3 rings (SSSR count). The standard InChI is InChI=1S/C25H39NO4/c1-15(2)10-19-14-26-9-8-18-11-23(28-6)24(29-7)12-20(18)21(26)13-22(19)30-25(27)17(5)16(3)4/h11-12,15-17,19,21-22H,8-10,13-14H2,1-7H3/t17-,19+,21+,22+/m0/s1. The molecule has 4 atom stereocenters. The third-order valence-corrected chi connectivity index (χ3v) is 6.98. The average Bonchev–Trinajstić information content (AvgIpc) is 2.71. The number of ether oxygens (including phenoxy) is 3. The largest absolute Gasteiger partial charge is 0.493 e. The monoisotopic (exact) mass is 417 g/mol. The van der Waals surface area contributed by atoms with Crippen molar-refractivity contribution in [2.24, 2.45) is 23.7 Å². The third kappa shape index (κ3) is 4.77. The lowest BCUT2D eigenvalue weighted by molar-refractivity contribution is -0.163. The van der Waals surface area contributed by atoms with Crippen molar-refractivity contribution < 1.29 is 19.0 Å². The van der Waals surface area contributed by atoms with Crippen molar-refractivity contribution in [1.82, 2.24) is 4.90 Å². The zero-order valence-electron chi connectivity index (χ0n) is 19.7. The maximum atomic E-state index is 12.8. The van der Waals surface area contributed by atoms with Crippen LogP contribution in [0.2, 0.25) is 0 Å². The van der Waals surface area contributed by atoms with E-state index >= 15 is 0 Å². The molecule has 1 aromatic carbocycles. The first-order chi connectivity index (χ1) is 14.2. The Morgan fingerprint density at radius 1 is 1.10 bits per heavy atom. The molecule has 0 N–H and O–H groups in total. The molecule has 5 nitrogen and oxygen atoms in total. The van der Waals surface area contributed by atoms with Gasteiger partial charge in [-0.15, -0.1) is 0 Å². The average molecular weight is 418 g/mol. The minimum Gasteiger partial charge on any atom is -0.493 e. The Hall–Kier alpha value is -1.75. The second-order valence-corrected chi connectivity index (χ2v) is 9.80. The molecule has 1 aromatic rings. The molecule has 2 aliphatic rings. The summed E-state index contributed by atoms with van der Waals surface area (Å²) in [5, 5.41) is 0. The van der Waals surface area contributed by atoms with Crippen LogP contribution in [0.1, 0.15) is 64.6 Å². The highest BCUT2D eigenvalue weighted by atomic mass is 16.5. The van der Waals surface area contributed by atoms with Crippen molar-refractivity contribution in [1.29, 1.82) is 0 Å². The minimum absolute atomic E-state index is 0.0404. The van der Waals surface area contributed by atoms with Crippen molar-refractivity contribution >= 4 is 5.97 Å². The lowest BCUT2D eigenvalue weighted by Crippen LogP contribution is -2.50. The van der Waals surface area contributed by atoms with Crippen LogP contribution in [-0.4, -0.2) is 44.3 Å². The van der Waals surface area contributed by atoms with E-state index in [-0.39, 0.29) is 30.0 Å². The van der Waals surface area contributed by atoms with Crippen molar-refractivity contribution in [3.8, 4) is 11.5 Å². The van der Waals surface area contributed by atoms with Crippen LogP contribution in [0.25, 0.3) is 0 Å². The Bertz CT molecular complexity index is 745. The van der Waals surface area contributed by atoms with Gasteiger partial charge >= 0.3 is 5.97 Å². The molecule has 0 radical (unpaired) electrons. The summed E-state index contributed by atoms with van der Waals surface area (Å²) < 4.78 is 17.3. The molecule has 0 amide bonds. The van der Waals surface area contributed by atoms with E-state index in [0.717, 1.165) is 43.9 Å². The minimum atomic E-state index is -0.0780. The fraction of sp³-hybridized carbons (Fsp3) is 0.720. The summed E-state index contributed by atoms with van der Waals surface area (Å²) >= 11 is 0. The van der Waals surface area contributed by atoms with Crippen LogP contribution in [0, 0.1) is 23.7 Å². The number of hydrogen-bond donors (Lipinski definition) is 0. The zero-order valence-corrected chi connectivity index (χ0v) is 19.7. The van der Waals surface area contributed by atoms with E-state index < -0.39 is 0 Å². The number of hydrogen-bond acceptors (Lipinski definition) is 5. The summed E-state index contributed by atoms with van der Waals surface area (Å²) in [5.41, 5.74) is 2.61. The smallest absolute Gasteiger partial charge is 0.309 e. The van der Waals surface area contributed by atoms with Gasteiger partial charge in [-0.2, -0.15) is 0 Å². The Balaban J connectivity index is 1.88. The van der Waals surface area contributed by atoms with Gasteiger partial charge in [-0.1, -0.05) is 34.6 Å². The predicted molar refractivity (Wildman–Crippen MR) is 119 cm³/mol. The van der Waals surface area contributed by atoms with Crippen molar-refractivity contribution in [2.45, 2.75) is 66.0 Å². The Kier molecular flexibility index (Phi) is 7.33. The molecule has 168 valence electrons. The topological polar surface area (TPSA) is 48.0 Å². The number of carbonyl (C=O) groups is 1. The summed E-state index contributed by atoms with van der Waals surface area (Å²) in [6.07, 6.45) is 2.89. The second kappa shape index (κ2) is 9.59. The molecule has 30 heavy (non-hydrogen) atoms. The molecular weight excluding hydrogens is 378 g/mol. The molecule has 0 aromatic heterocycles. The molecular formula is C25H39NO4. The van der Waals surface area contributed by atoms with Crippen LogP contribution in [-0.2, 0) is 16.0 Å². The van der Waals surface area contributed by atoms with E-state index in [1.165, 1.54) is 11.1 Å². The van der Waals surface area contributed by atoms with Crippen LogP contribution in [0.15, 0.2) is 12.1 Å². The first kappa shape index (κ1) is 22.9. The van der Waals surface area contributed by atoms with Gasteiger partial charge in [-0.3, -0.25) is 9.69 Å². The predicted octanol–water partition coefficient (Wildman–Crippen LogP) is 4.87.